The van der Waals surface area contributed by atoms with E-state index in [1.54, 1.807) is 0 Å². The molecular formula is C40H25N3O2. The van der Waals surface area contributed by atoms with Crippen LogP contribution in [0.1, 0.15) is 0 Å². The first-order valence-electron chi connectivity index (χ1n) is 14.9. The van der Waals surface area contributed by atoms with Crippen LogP contribution in [-0.2, 0) is 0 Å². The Kier molecular flexibility index (Phi) is 5.74. The van der Waals surface area contributed by atoms with Crippen LogP contribution in [0.2, 0.25) is 0 Å². The minimum absolute atomic E-state index is 0.846. The van der Waals surface area contributed by atoms with Gasteiger partial charge in [-0.15, -0.1) is 0 Å². The van der Waals surface area contributed by atoms with Crippen LogP contribution in [-0.4, -0.2) is 9.97 Å². The largest absolute Gasteiger partial charge is 0.455 e. The monoisotopic (exact) mass is 579 g/mol. The number of hydrogen-bond donors (Lipinski definition) is 0. The lowest BCUT2D eigenvalue weighted by molar-refractivity contribution is 0.669. The highest BCUT2D eigenvalue weighted by atomic mass is 16.3. The summed E-state index contributed by atoms with van der Waals surface area (Å²) in [5, 5.41) is 4.40. The van der Waals surface area contributed by atoms with Crippen molar-refractivity contribution in [2.24, 2.45) is 0 Å². The first-order valence-corrected chi connectivity index (χ1v) is 14.9. The maximum Gasteiger partial charge on any atom is 0.159 e. The predicted molar refractivity (Wildman–Crippen MR) is 182 cm³/mol. The third-order valence-electron chi connectivity index (χ3n) is 8.45. The van der Waals surface area contributed by atoms with Gasteiger partial charge in [-0.3, -0.25) is 9.97 Å². The third-order valence-corrected chi connectivity index (χ3v) is 8.45. The van der Waals surface area contributed by atoms with Gasteiger partial charge in [-0.25, -0.2) is 0 Å². The van der Waals surface area contributed by atoms with Gasteiger partial charge in [-0.05, 0) is 60.2 Å². The minimum Gasteiger partial charge on any atom is -0.455 e. The molecule has 0 bridgehead atoms. The van der Waals surface area contributed by atoms with Gasteiger partial charge in [0.25, 0.3) is 0 Å². The number of nitrogens with zero attached hydrogens (tertiary/aromatic N) is 3. The molecule has 9 rings (SSSR count). The van der Waals surface area contributed by atoms with Gasteiger partial charge in [0.1, 0.15) is 16.7 Å². The maximum absolute atomic E-state index is 6.42. The van der Waals surface area contributed by atoms with Gasteiger partial charge in [0, 0.05) is 62.6 Å². The topological polar surface area (TPSA) is 55.3 Å². The van der Waals surface area contributed by atoms with Crippen LogP contribution < -0.4 is 4.90 Å². The van der Waals surface area contributed by atoms with Crippen LogP contribution in [0, 0.1) is 0 Å². The molecule has 0 aliphatic carbocycles. The highest BCUT2D eigenvalue weighted by molar-refractivity contribution is 6.11. The molecule has 212 valence electrons. The summed E-state index contributed by atoms with van der Waals surface area (Å²) in [5.41, 5.74) is 10.4. The molecule has 5 heteroatoms. The van der Waals surface area contributed by atoms with Crippen molar-refractivity contribution in [3.63, 3.8) is 0 Å². The summed E-state index contributed by atoms with van der Waals surface area (Å²) in [4.78, 5) is 11.3. The number of benzene rings is 5. The predicted octanol–water partition coefficient (Wildman–Crippen LogP) is 11.1. The molecule has 0 spiro atoms. The highest BCUT2D eigenvalue weighted by Crippen LogP contribution is 2.42. The van der Waals surface area contributed by atoms with E-state index >= 15 is 0 Å². The summed E-state index contributed by atoms with van der Waals surface area (Å²) < 4.78 is 12.7. The van der Waals surface area contributed by atoms with E-state index in [0.29, 0.717) is 0 Å². The van der Waals surface area contributed by atoms with Gasteiger partial charge < -0.3 is 13.7 Å². The van der Waals surface area contributed by atoms with Crippen LogP contribution in [0.25, 0.3) is 66.3 Å². The average Bonchev–Trinajstić information content (AvgIpc) is 3.69. The number of aromatic nitrogens is 2. The molecule has 0 aliphatic rings. The zero-order valence-electron chi connectivity index (χ0n) is 24.1. The first kappa shape index (κ1) is 25.3. The van der Waals surface area contributed by atoms with Crippen molar-refractivity contribution in [1.29, 1.82) is 0 Å². The van der Waals surface area contributed by atoms with E-state index in [2.05, 4.69) is 94.8 Å². The molecule has 0 unspecified atom stereocenters. The molecule has 0 N–H and O–H groups in total. The summed E-state index contributed by atoms with van der Waals surface area (Å²) in [6.07, 6.45) is 5.56. The standard InChI is InChI=1S/C40H25N3O2/c1-3-13-37-30(7-1)32-9-5-11-34(39(32)44-37)35-20-17-27(25-42-35)26-15-18-28(19-16-26)43(29-21-23-41-24-22-29)36-12-6-10-33-31-8-2-4-14-38(31)45-40(33)36/h1-25H. The molecule has 9 aromatic rings. The number of hydrogen-bond acceptors (Lipinski definition) is 5. The maximum atomic E-state index is 6.42. The van der Waals surface area contributed by atoms with Crippen LogP contribution in [0.5, 0.6) is 0 Å². The second-order valence-corrected chi connectivity index (χ2v) is 11.1. The molecule has 0 atom stereocenters. The molecule has 0 saturated heterocycles. The van der Waals surface area contributed by atoms with Crippen molar-refractivity contribution in [1.82, 2.24) is 9.97 Å². The van der Waals surface area contributed by atoms with Crippen molar-refractivity contribution in [2.45, 2.75) is 0 Å². The number of rotatable bonds is 5. The van der Waals surface area contributed by atoms with E-state index in [9.17, 15) is 0 Å². The molecular weight excluding hydrogens is 554 g/mol. The number of para-hydroxylation sites is 4. The van der Waals surface area contributed by atoms with Gasteiger partial charge in [0.15, 0.2) is 5.58 Å². The van der Waals surface area contributed by atoms with Crippen molar-refractivity contribution in [3.8, 4) is 22.4 Å². The van der Waals surface area contributed by atoms with Crippen LogP contribution in [0.4, 0.5) is 17.1 Å². The van der Waals surface area contributed by atoms with Crippen LogP contribution in [0.3, 0.4) is 0 Å². The van der Waals surface area contributed by atoms with Crippen molar-refractivity contribution in [2.75, 3.05) is 4.90 Å². The second-order valence-electron chi connectivity index (χ2n) is 11.1. The SMILES string of the molecule is c1ccc2c(c1)oc1c(-c3ccc(-c4ccc(N(c5ccncc5)c5cccc6c5oc5ccccc56)cc4)cn3)cccc12. The van der Waals surface area contributed by atoms with Gasteiger partial charge >= 0.3 is 0 Å². The fourth-order valence-corrected chi connectivity index (χ4v) is 6.30. The molecule has 5 nitrogen and oxygen atoms in total. The van der Waals surface area contributed by atoms with Crippen LogP contribution in [0.15, 0.2) is 161 Å². The van der Waals surface area contributed by atoms with Gasteiger partial charge in [-0.2, -0.15) is 0 Å². The molecule has 5 aromatic carbocycles. The molecule has 4 aromatic heterocycles. The first-order chi connectivity index (χ1) is 22.3. The zero-order chi connectivity index (χ0) is 29.7. The molecule has 0 fully saturated rings. The molecule has 45 heavy (non-hydrogen) atoms. The number of fused-ring (bicyclic) bond motifs is 6. The molecule has 0 radical (unpaired) electrons. The van der Waals surface area contributed by atoms with Gasteiger partial charge in [0.2, 0.25) is 0 Å². The summed E-state index contributed by atoms with van der Waals surface area (Å²) in [7, 11) is 0. The van der Waals surface area contributed by atoms with Crippen molar-refractivity contribution in [3.05, 3.63) is 152 Å². The second kappa shape index (κ2) is 10.2. The highest BCUT2D eigenvalue weighted by Gasteiger charge is 2.19. The van der Waals surface area contributed by atoms with Crippen LogP contribution >= 0.6 is 0 Å². The van der Waals surface area contributed by atoms with Crippen molar-refractivity contribution >= 4 is 60.9 Å². The third kappa shape index (κ3) is 4.17. The summed E-state index contributed by atoms with van der Waals surface area (Å²) in [6.45, 7) is 0. The van der Waals surface area contributed by atoms with E-state index < -0.39 is 0 Å². The van der Waals surface area contributed by atoms with Gasteiger partial charge in [0.05, 0.1) is 11.4 Å². The average molecular weight is 580 g/mol. The molecule has 0 saturated carbocycles. The number of anilines is 3. The Morgan fingerprint density at radius 2 is 1.07 bits per heavy atom. The zero-order valence-corrected chi connectivity index (χ0v) is 24.1. The van der Waals surface area contributed by atoms with E-state index in [1.807, 2.05) is 67.1 Å². The fraction of sp³-hybridized carbons (Fsp3) is 0. The fourth-order valence-electron chi connectivity index (χ4n) is 6.30. The summed E-state index contributed by atoms with van der Waals surface area (Å²) in [6, 6.07) is 45.6. The van der Waals surface area contributed by atoms with Gasteiger partial charge in [-0.1, -0.05) is 78.9 Å². The number of pyridine rings is 2. The Bertz CT molecular complexity index is 2480. The quantitative estimate of drug-likeness (QED) is 0.203. The molecule has 4 heterocycles. The van der Waals surface area contributed by atoms with E-state index in [0.717, 1.165) is 83.3 Å². The summed E-state index contributed by atoms with van der Waals surface area (Å²) in [5.74, 6) is 0. The Balaban J connectivity index is 1.09. The lowest BCUT2D eigenvalue weighted by Gasteiger charge is -2.25. The molecule has 0 amide bonds. The Hall–Kier alpha value is -6.20. The molecule has 0 aliphatic heterocycles. The lowest BCUT2D eigenvalue weighted by Crippen LogP contribution is -2.10. The Morgan fingerprint density at radius 1 is 0.467 bits per heavy atom. The summed E-state index contributed by atoms with van der Waals surface area (Å²) >= 11 is 0. The lowest BCUT2D eigenvalue weighted by atomic mass is 10.0. The number of furan rings is 2. The van der Waals surface area contributed by atoms with E-state index in [4.69, 9.17) is 13.8 Å². The Labute approximate surface area is 258 Å². The normalized spacial score (nSPS) is 11.6. The minimum atomic E-state index is 0.846. The van der Waals surface area contributed by atoms with E-state index in [-0.39, 0.29) is 0 Å². The smallest absolute Gasteiger partial charge is 0.159 e. The van der Waals surface area contributed by atoms with E-state index in [1.165, 1.54) is 0 Å². The Morgan fingerprint density at radius 3 is 1.78 bits per heavy atom. The van der Waals surface area contributed by atoms with Crippen molar-refractivity contribution < 1.29 is 8.83 Å².